The lowest BCUT2D eigenvalue weighted by Gasteiger charge is -2.31. The van der Waals surface area contributed by atoms with E-state index < -0.39 is 16.7 Å². The zero-order valence-corrected chi connectivity index (χ0v) is 8.86. The molecule has 1 amide bonds. The van der Waals surface area contributed by atoms with E-state index in [9.17, 15) is 9.59 Å². The van der Waals surface area contributed by atoms with Crippen LogP contribution in [0.15, 0.2) is 12.2 Å². The smallest absolute Gasteiger partial charge is 0.433 e. The summed E-state index contributed by atoms with van der Waals surface area (Å²) in [6, 6.07) is 0. The molecule has 5 nitrogen and oxygen atoms in total. The fourth-order valence-corrected chi connectivity index (χ4v) is 1.58. The second-order valence-electron chi connectivity index (χ2n) is 3.84. The number of carboxylic acid groups (broad SMARTS) is 1. The first-order valence-electron chi connectivity index (χ1n) is 4.98. The molecule has 84 valence electrons. The van der Waals surface area contributed by atoms with E-state index in [0.717, 1.165) is 19.3 Å². The molecular weight excluding hydrogens is 198 g/mol. The van der Waals surface area contributed by atoms with Gasteiger partial charge in [0.25, 0.3) is 0 Å². The molecule has 1 fully saturated rings. The number of rotatable bonds is 1. The lowest BCUT2D eigenvalue weighted by Crippen LogP contribution is -2.56. The van der Waals surface area contributed by atoms with Crippen LogP contribution in [0.1, 0.15) is 26.2 Å². The van der Waals surface area contributed by atoms with Gasteiger partial charge in [0, 0.05) is 18.4 Å². The minimum Gasteiger partial charge on any atom is -0.433 e. The van der Waals surface area contributed by atoms with Crippen LogP contribution < -0.4 is 0 Å². The number of piperidine rings is 1. The normalized spacial score (nSPS) is 19.3. The third-order valence-electron chi connectivity index (χ3n) is 2.49. The van der Waals surface area contributed by atoms with Crippen LogP contribution >= 0.6 is 0 Å². The Hall–Kier alpha value is -1.36. The van der Waals surface area contributed by atoms with Crippen LogP contribution in [0.25, 0.3) is 0 Å². The first-order chi connectivity index (χ1) is 6.98. The van der Waals surface area contributed by atoms with Gasteiger partial charge in [0.2, 0.25) is 0 Å². The molecule has 0 saturated carbocycles. The summed E-state index contributed by atoms with van der Waals surface area (Å²) in [5.41, 5.74) is 0.222. The molecule has 0 aromatic rings. The van der Waals surface area contributed by atoms with Gasteiger partial charge in [0.1, 0.15) is 13.1 Å². The summed E-state index contributed by atoms with van der Waals surface area (Å²) >= 11 is 0. The number of carbonyl (C=O) groups is 2. The van der Waals surface area contributed by atoms with Crippen molar-refractivity contribution < 1.29 is 24.2 Å². The molecule has 1 N–H and O–H groups in total. The third kappa shape index (κ3) is 2.56. The highest BCUT2D eigenvalue weighted by atomic mass is 16.8. The first-order valence-corrected chi connectivity index (χ1v) is 4.98. The molecule has 0 aliphatic carbocycles. The Balaban J connectivity index is 2.77. The largest absolute Gasteiger partial charge is 0.556 e. The molecule has 1 rings (SSSR count). The van der Waals surface area contributed by atoms with E-state index >= 15 is 0 Å². The van der Waals surface area contributed by atoms with Crippen LogP contribution in [0.4, 0.5) is 4.79 Å². The molecule has 0 atom stereocenters. The molecular formula is C10H16NO4+. The van der Waals surface area contributed by atoms with Gasteiger partial charge in [0.15, 0.2) is 0 Å². The zero-order valence-electron chi connectivity index (χ0n) is 8.86. The van der Waals surface area contributed by atoms with Crippen LogP contribution in [-0.4, -0.2) is 34.9 Å². The molecule has 1 aliphatic rings. The second kappa shape index (κ2) is 4.44. The van der Waals surface area contributed by atoms with Gasteiger partial charge in [-0.3, -0.25) is 4.84 Å². The van der Waals surface area contributed by atoms with E-state index in [-0.39, 0.29) is 5.57 Å². The summed E-state index contributed by atoms with van der Waals surface area (Å²) in [7, 11) is 0. The molecule has 0 bridgehead atoms. The first kappa shape index (κ1) is 11.7. The average Bonchev–Trinajstić information content (AvgIpc) is 2.18. The second-order valence-corrected chi connectivity index (χ2v) is 3.84. The number of nitrogens with zero attached hydrogens (tertiary/aromatic N) is 1. The summed E-state index contributed by atoms with van der Waals surface area (Å²) in [6.07, 6.45) is 1.40. The monoisotopic (exact) mass is 214 g/mol. The number of amides is 1. The van der Waals surface area contributed by atoms with Crippen molar-refractivity contribution in [3.05, 3.63) is 12.2 Å². The maximum atomic E-state index is 11.3. The average molecular weight is 214 g/mol. The van der Waals surface area contributed by atoms with Crippen molar-refractivity contribution in [2.24, 2.45) is 0 Å². The number of carbonyl (C=O) groups excluding carboxylic acids is 1. The molecule has 1 aliphatic heterocycles. The maximum absolute atomic E-state index is 11.3. The van der Waals surface area contributed by atoms with Crippen molar-refractivity contribution in [2.75, 3.05) is 13.1 Å². The predicted molar refractivity (Wildman–Crippen MR) is 52.8 cm³/mol. The van der Waals surface area contributed by atoms with Gasteiger partial charge in [0.05, 0.1) is 0 Å². The van der Waals surface area contributed by atoms with Crippen molar-refractivity contribution in [1.29, 1.82) is 0 Å². The van der Waals surface area contributed by atoms with Crippen LogP contribution in [0, 0.1) is 0 Å². The Morgan fingerprint density at radius 3 is 2.20 bits per heavy atom. The minimum absolute atomic E-state index is 0.222. The van der Waals surface area contributed by atoms with Crippen LogP contribution in [-0.2, 0) is 9.63 Å². The van der Waals surface area contributed by atoms with E-state index in [2.05, 4.69) is 6.58 Å². The predicted octanol–water partition coefficient (Wildman–Crippen LogP) is 1.70. The van der Waals surface area contributed by atoms with E-state index in [4.69, 9.17) is 9.94 Å². The molecule has 0 aromatic heterocycles. The molecule has 15 heavy (non-hydrogen) atoms. The fraction of sp³-hybridized carbons (Fsp3) is 0.600. The Kier molecular flexibility index (Phi) is 3.47. The zero-order chi connectivity index (χ0) is 11.5. The van der Waals surface area contributed by atoms with E-state index in [0.29, 0.717) is 13.1 Å². The summed E-state index contributed by atoms with van der Waals surface area (Å²) in [5, 5.41) is 9.08. The lowest BCUT2D eigenvalue weighted by molar-refractivity contribution is -1.03. The summed E-state index contributed by atoms with van der Waals surface area (Å²) in [6.45, 7) is 5.62. The highest BCUT2D eigenvalue weighted by Gasteiger charge is 2.44. The molecule has 1 saturated heterocycles. The Morgan fingerprint density at radius 2 is 1.80 bits per heavy atom. The Labute approximate surface area is 88.5 Å². The van der Waals surface area contributed by atoms with E-state index in [1.165, 1.54) is 6.92 Å². The molecule has 0 spiro atoms. The molecule has 0 aromatic carbocycles. The summed E-state index contributed by atoms with van der Waals surface area (Å²) in [5.74, 6) is -0.640. The molecule has 5 heteroatoms. The number of hydrogen-bond acceptors (Lipinski definition) is 3. The van der Waals surface area contributed by atoms with Crippen LogP contribution in [0.3, 0.4) is 0 Å². The third-order valence-corrected chi connectivity index (χ3v) is 2.49. The van der Waals surface area contributed by atoms with Crippen molar-refractivity contribution >= 4 is 12.1 Å². The Morgan fingerprint density at radius 1 is 1.27 bits per heavy atom. The van der Waals surface area contributed by atoms with Gasteiger partial charge in [-0.15, -0.1) is 0 Å². The van der Waals surface area contributed by atoms with Gasteiger partial charge in [-0.25, -0.2) is 4.79 Å². The highest BCUT2D eigenvalue weighted by molar-refractivity contribution is 5.86. The van der Waals surface area contributed by atoms with Gasteiger partial charge in [-0.05, 0) is 18.0 Å². The topological polar surface area (TPSA) is 63.6 Å². The van der Waals surface area contributed by atoms with Crippen molar-refractivity contribution in [2.45, 2.75) is 26.2 Å². The van der Waals surface area contributed by atoms with E-state index in [1.54, 1.807) is 0 Å². The summed E-state index contributed by atoms with van der Waals surface area (Å²) in [4.78, 5) is 27.4. The molecule has 0 radical (unpaired) electrons. The maximum Gasteiger partial charge on any atom is 0.556 e. The molecule has 0 unspecified atom stereocenters. The quantitative estimate of drug-likeness (QED) is 0.533. The van der Waals surface area contributed by atoms with Gasteiger partial charge < -0.3 is 5.11 Å². The fourth-order valence-electron chi connectivity index (χ4n) is 1.58. The standard InChI is InChI=1S/C10H15NO4/c1-8(2)9(12)15-11(10(13)14)6-4-3-5-7-11/h1,3-7H2,2H3/p+1. The lowest BCUT2D eigenvalue weighted by atomic mass is 10.1. The van der Waals surface area contributed by atoms with Gasteiger partial charge >= 0.3 is 12.1 Å². The van der Waals surface area contributed by atoms with Gasteiger partial charge in [-0.2, -0.15) is 4.79 Å². The van der Waals surface area contributed by atoms with Crippen molar-refractivity contribution in [3.63, 3.8) is 0 Å². The number of quaternary nitrogens is 1. The van der Waals surface area contributed by atoms with Crippen LogP contribution in [0.5, 0.6) is 0 Å². The highest BCUT2D eigenvalue weighted by Crippen LogP contribution is 2.21. The summed E-state index contributed by atoms with van der Waals surface area (Å²) < 4.78 is -0.605. The SMILES string of the molecule is C=C(C)C(=O)O[N+]1(C(=O)O)CCCCC1. The minimum atomic E-state index is -1.11. The van der Waals surface area contributed by atoms with Crippen molar-refractivity contribution in [3.8, 4) is 0 Å². The Bertz CT molecular complexity index is 292. The molecule has 1 heterocycles. The van der Waals surface area contributed by atoms with Crippen molar-refractivity contribution in [1.82, 2.24) is 0 Å². The van der Waals surface area contributed by atoms with Gasteiger partial charge in [-0.1, -0.05) is 6.58 Å². The van der Waals surface area contributed by atoms with E-state index in [1.807, 2.05) is 0 Å². The number of hydroxylamine groups is 3. The number of likely N-dealkylation sites (tertiary alicyclic amines) is 1. The number of hydrogen-bond donors (Lipinski definition) is 1. The van der Waals surface area contributed by atoms with Crippen LogP contribution in [0.2, 0.25) is 0 Å².